The van der Waals surface area contributed by atoms with Gasteiger partial charge in [-0.2, -0.15) is 0 Å². The Balaban J connectivity index is 1.20. The Labute approximate surface area is 295 Å². The van der Waals surface area contributed by atoms with Crippen LogP contribution in [-0.2, 0) is 0 Å². The smallest absolute Gasteiger partial charge is 0.159 e. The van der Waals surface area contributed by atoms with E-state index in [4.69, 9.17) is 4.42 Å². The molecule has 0 fully saturated rings. The molecule has 0 spiro atoms. The molecule has 2 aromatic heterocycles. The van der Waals surface area contributed by atoms with Crippen LogP contribution in [0.5, 0.6) is 0 Å². The summed E-state index contributed by atoms with van der Waals surface area (Å²) in [5.74, 6) is 0. The Morgan fingerprint density at radius 1 is 0.373 bits per heavy atom. The average molecular weight is 653 g/mol. The average Bonchev–Trinajstić information content (AvgIpc) is 3.76. The van der Waals surface area contributed by atoms with Crippen LogP contribution in [0.3, 0.4) is 0 Å². The fraction of sp³-hybridized carbons (Fsp3) is 0. The van der Waals surface area contributed by atoms with Crippen LogP contribution in [0.1, 0.15) is 0 Å². The van der Waals surface area contributed by atoms with Crippen LogP contribution in [0.25, 0.3) is 71.7 Å². The normalized spacial score (nSPS) is 11.5. The van der Waals surface area contributed by atoms with Gasteiger partial charge in [0.1, 0.15) is 5.58 Å². The Hall–Kier alpha value is -6.84. The number of furan rings is 1. The fourth-order valence-electron chi connectivity index (χ4n) is 7.66. The van der Waals surface area contributed by atoms with Crippen molar-refractivity contribution in [3.63, 3.8) is 0 Å². The monoisotopic (exact) mass is 652 g/mol. The van der Waals surface area contributed by atoms with E-state index in [1.165, 1.54) is 38.5 Å². The lowest BCUT2D eigenvalue weighted by molar-refractivity contribution is 0.669. The molecular weight excluding hydrogens is 621 g/mol. The maximum absolute atomic E-state index is 6.91. The van der Waals surface area contributed by atoms with Crippen LogP contribution >= 0.6 is 0 Å². The second-order valence-electron chi connectivity index (χ2n) is 12.9. The van der Waals surface area contributed by atoms with Gasteiger partial charge < -0.3 is 13.9 Å². The lowest BCUT2D eigenvalue weighted by Gasteiger charge is -2.26. The molecule has 0 atom stereocenters. The van der Waals surface area contributed by atoms with Crippen molar-refractivity contribution in [2.24, 2.45) is 0 Å². The minimum absolute atomic E-state index is 0.857. The lowest BCUT2D eigenvalue weighted by atomic mass is 10.0. The number of benzene rings is 8. The number of hydrogen-bond donors (Lipinski definition) is 0. The molecular formula is C48H32N2O. The highest BCUT2D eigenvalue weighted by Crippen LogP contribution is 2.46. The maximum atomic E-state index is 6.91. The number of fused-ring (bicyclic) bond motifs is 7. The van der Waals surface area contributed by atoms with Gasteiger partial charge in [0.05, 0.1) is 16.7 Å². The van der Waals surface area contributed by atoms with E-state index >= 15 is 0 Å². The highest BCUT2D eigenvalue weighted by atomic mass is 16.3. The third-order valence-electron chi connectivity index (χ3n) is 10.00. The molecule has 0 radical (unpaired) electrons. The minimum atomic E-state index is 0.857. The van der Waals surface area contributed by atoms with E-state index in [1.807, 2.05) is 0 Å². The molecule has 0 aliphatic rings. The molecule has 3 nitrogen and oxygen atoms in total. The van der Waals surface area contributed by atoms with Gasteiger partial charge in [-0.15, -0.1) is 0 Å². The first kappa shape index (κ1) is 29.1. The number of anilines is 3. The zero-order valence-corrected chi connectivity index (χ0v) is 27.8. The van der Waals surface area contributed by atoms with Gasteiger partial charge >= 0.3 is 0 Å². The van der Waals surface area contributed by atoms with Crippen molar-refractivity contribution in [3.05, 3.63) is 194 Å². The van der Waals surface area contributed by atoms with E-state index in [0.717, 1.165) is 50.2 Å². The molecule has 2 heterocycles. The number of nitrogens with zero attached hydrogens (tertiary/aromatic N) is 2. The standard InChI is InChI=1S/C48H32N2O/c1-4-13-33(14-5-1)35-23-27-38(28-24-35)49(39-29-25-36(26-30-39)34-15-6-2-7-16-34)44-22-12-20-41-47-45(51-48(41)44)32-31-43-46(47)40-19-10-11-21-42(40)50(43)37-17-8-3-9-18-37/h1-32H. The first-order valence-electron chi connectivity index (χ1n) is 17.4. The van der Waals surface area contributed by atoms with Crippen molar-refractivity contribution < 1.29 is 4.42 Å². The molecule has 0 aliphatic heterocycles. The number of para-hydroxylation sites is 3. The molecule has 0 saturated heterocycles. The van der Waals surface area contributed by atoms with Crippen molar-refractivity contribution in [1.29, 1.82) is 0 Å². The van der Waals surface area contributed by atoms with Gasteiger partial charge in [-0.1, -0.05) is 133 Å². The third-order valence-corrected chi connectivity index (χ3v) is 10.00. The van der Waals surface area contributed by atoms with Crippen LogP contribution in [-0.4, -0.2) is 4.57 Å². The Kier molecular flexibility index (Phi) is 6.81. The predicted octanol–water partition coefficient (Wildman–Crippen LogP) is 13.5. The van der Waals surface area contributed by atoms with Crippen molar-refractivity contribution in [2.45, 2.75) is 0 Å². The van der Waals surface area contributed by atoms with Gasteiger partial charge in [0.15, 0.2) is 5.58 Å². The summed E-state index contributed by atoms with van der Waals surface area (Å²) in [5, 5.41) is 4.64. The molecule has 0 N–H and O–H groups in total. The number of rotatable bonds is 6. The summed E-state index contributed by atoms with van der Waals surface area (Å²) in [6.07, 6.45) is 0. The van der Waals surface area contributed by atoms with E-state index in [9.17, 15) is 0 Å². The van der Waals surface area contributed by atoms with Gasteiger partial charge in [0.25, 0.3) is 0 Å². The van der Waals surface area contributed by atoms with Crippen molar-refractivity contribution in [3.8, 4) is 27.9 Å². The highest BCUT2D eigenvalue weighted by Gasteiger charge is 2.23. The molecule has 0 amide bonds. The zero-order chi connectivity index (χ0) is 33.7. The minimum Gasteiger partial charge on any atom is -0.454 e. The molecule has 240 valence electrons. The van der Waals surface area contributed by atoms with Gasteiger partial charge in [0.2, 0.25) is 0 Å². The molecule has 51 heavy (non-hydrogen) atoms. The first-order chi connectivity index (χ1) is 25.3. The molecule has 10 rings (SSSR count). The van der Waals surface area contributed by atoms with Gasteiger partial charge in [0, 0.05) is 38.6 Å². The Morgan fingerprint density at radius 3 is 1.53 bits per heavy atom. The number of aromatic nitrogens is 1. The quantitative estimate of drug-likeness (QED) is 0.178. The first-order valence-corrected chi connectivity index (χ1v) is 17.4. The summed E-state index contributed by atoms with van der Waals surface area (Å²) in [6, 6.07) is 68.9. The summed E-state index contributed by atoms with van der Waals surface area (Å²) in [7, 11) is 0. The Bertz CT molecular complexity index is 2730. The summed E-state index contributed by atoms with van der Waals surface area (Å²) in [6.45, 7) is 0. The predicted molar refractivity (Wildman–Crippen MR) is 214 cm³/mol. The SMILES string of the molecule is c1ccc(-c2ccc(N(c3ccc(-c4ccccc4)cc3)c3cccc4c3oc3ccc5c(c6ccccc6n5-c5ccccc5)c34)cc2)cc1. The van der Waals surface area contributed by atoms with Crippen LogP contribution < -0.4 is 4.90 Å². The van der Waals surface area contributed by atoms with E-state index in [0.29, 0.717) is 0 Å². The zero-order valence-electron chi connectivity index (χ0n) is 27.8. The van der Waals surface area contributed by atoms with Crippen LogP contribution in [0.15, 0.2) is 199 Å². The van der Waals surface area contributed by atoms with Crippen LogP contribution in [0.4, 0.5) is 17.1 Å². The van der Waals surface area contributed by atoms with E-state index in [2.05, 4.69) is 204 Å². The van der Waals surface area contributed by atoms with Gasteiger partial charge in [-0.3, -0.25) is 0 Å². The van der Waals surface area contributed by atoms with Gasteiger partial charge in [-0.25, -0.2) is 0 Å². The summed E-state index contributed by atoms with van der Waals surface area (Å²) in [5.41, 5.74) is 13.1. The molecule has 0 bridgehead atoms. The molecule has 0 saturated carbocycles. The van der Waals surface area contributed by atoms with E-state index in [1.54, 1.807) is 0 Å². The fourth-order valence-corrected chi connectivity index (χ4v) is 7.66. The molecule has 10 aromatic rings. The molecule has 8 aromatic carbocycles. The molecule has 3 heteroatoms. The van der Waals surface area contributed by atoms with Crippen molar-refractivity contribution in [1.82, 2.24) is 4.57 Å². The lowest BCUT2D eigenvalue weighted by Crippen LogP contribution is -2.10. The third kappa shape index (κ3) is 4.82. The van der Waals surface area contributed by atoms with Crippen molar-refractivity contribution >= 4 is 60.8 Å². The molecule has 0 aliphatic carbocycles. The maximum Gasteiger partial charge on any atom is 0.159 e. The Morgan fingerprint density at radius 2 is 0.902 bits per heavy atom. The highest BCUT2D eigenvalue weighted by molar-refractivity contribution is 6.28. The van der Waals surface area contributed by atoms with E-state index in [-0.39, 0.29) is 0 Å². The van der Waals surface area contributed by atoms with Crippen LogP contribution in [0, 0.1) is 0 Å². The second-order valence-corrected chi connectivity index (χ2v) is 12.9. The van der Waals surface area contributed by atoms with Crippen LogP contribution in [0.2, 0.25) is 0 Å². The summed E-state index contributed by atoms with van der Waals surface area (Å²) < 4.78 is 9.28. The summed E-state index contributed by atoms with van der Waals surface area (Å²) in [4.78, 5) is 2.32. The summed E-state index contributed by atoms with van der Waals surface area (Å²) >= 11 is 0. The second kappa shape index (κ2) is 11.9. The molecule has 0 unspecified atom stereocenters. The topological polar surface area (TPSA) is 21.3 Å². The largest absolute Gasteiger partial charge is 0.454 e. The van der Waals surface area contributed by atoms with Gasteiger partial charge in [-0.05, 0) is 82.9 Å². The van der Waals surface area contributed by atoms with E-state index < -0.39 is 0 Å². The van der Waals surface area contributed by atoms with Crippen molar-refractivity contribution in [2.75, 3.05) is 4.90 Å². The number of hydrogen-bond acceptors (Lipinski definition) is 2.